The Morgan fingerprint density at radius 1 is 1.58 bits per heavy atom. The first-order valence-corrected chi connectivity index (χ1v) is 3.80. The fraction of sp³-hybridized carbons (Fsp3) is 0.429. The third-order valence-corrected chi connectivity index (χ3v) is 1.69. The van der Waals surface area contributed by atoms with E-state index in [0.717, 1.165) is 6.42 Å². The zero-order valence-electron chi connectivity index (χ0n) is 6.51. The minimum Gasteiger partial charge on any atom is -0.269 e. The van der Waals surface area contributed by atoms with Crippen LogP contribution in [0.4, 0.5) is 4.79 Å². The highest BCUT2D eigenvalue weighted by Crippen LogP contribution is 2.06. The van der Waals surface area contributed by atoms with Gasteiger partial charge >= 0.3 is 6.03 Å². The quantitative estimate of drug-likeness (QED) is 0.565. The van der Waals surface area contributed by atoms with Gasteiger partial charge in [0.05, 0.1) is 13.2 Å². The third kappa shape index (κ3) is 1.18. The molecule has 0 bridgehead atoms. The number of carbonyl (C=O) groups excluding carboxylic acids is 1. The maximum absolute atomic E-state index is 11.4. The molecule has 2 heterocycles. The van der Waals surface area contributed by atoms with E-state index in [1.54, 1.807) is 12.4 Å². The van der Waals surface area contributed by atoms with Crippen molar-refractivity contribution in [2.75, 3.05) is 13.2 Å². The van der Waals surface area contributed by atoms with Gasteiger partial charge in [0.25, 0.3) is 0 Å². The van der Waals surface area contributed by atoms with Gasteiger partial charge in [0.2, 0.25) is 0 Å². The van der Waals surface area contributed by atoms with Crippen LogP contribution in [0.5, 0.6) is 0 Å². The van der Waals surface area contributed by atoms with Crippen LogP contribution in [0.3, 0.4) is 0 Å². The number of nitrogens with zero attached hydrogens (tertiary/aromatic N) is 3. The molecule has 0 unspecified atom stereocenters. The molecule has 1 aromatic heterocycles. The van der Waals surface area contributed by atoms with Gasteiger partial charge < -0.3 is 0 Å². The van der Waals surface area contributed by atoms with Crippen LogP contribution < -0.4 is 0 Å². The van der Waals surface area contributed by atoms with Crippen molar-refractivity contribution in [2.24, 2.45) is 0 Å². The Kier molecular flexibility index (Phi) is 1.79. The summed E-state index contributed by atoms with van der Waals surface area (Å²) >= 11 is 0. The van der Waals surface area contributed by atoms with Crippen LogP contribution in [0.2, 0.25) is 0 Å². The number of hydrogen-bond acceptors (Lipinski definition) is 3. The SMILES string of the molecule is O=C(N1CCCO1)n1ccnc1. The number of hydrogen-bond donors (Lipinski definition) is 0. The third-order valence-electron chi connectivity index (χ3n) is 1.69. The van der Waals surface area contributed by atoms with Gasteiger partial charge in [-0.3, -0.25) is 9.40 Å². The van der Waals surface area contributed by atoms with Crippen molar-refractivity contribution >= 4 is 6.03 Å². The second-order valence-corrected chi connectivity index (χ2v) is 2.54. The number of aromatic nitrogens is 2. The van der Waals surface area contributed by atoms with Gasteiger partial charge in [-0.25, -0.2) is 14.8 Å². The minimum absolute atomic E-state index is 0.176. The molecule has 1 aromatic rings. The Hall–Kier alpha value is -1.36. The van der Waals surface area contributed by atoms with Crippen molar-refractivity contribution in [1.82, 2.24) is 14.6 Å². The van der Waals surface area contributed by atoms with Crippen molar-refractivity contribution in [2.45, 2.75) is 6.42 Å². The topological polar surface area (TPSA) is 47.4 Å². The summed E-state index contributed by atoms with van der Waals surface area (Å²) in [6.45, 7) is 1.29. The predicted octanol–water partition coefficient (Wildman–Crippen LogP) is 0.489. The molecule has 0 aromatic carbocycles. The molecule has 0 aliphatic carbocycles. The van der Waals surface area contributed by atoms with Crippen LogP contribution >= 0.6 is 0 Å². The van der Waals surface area contributed by atoms with Crippen molar-refractivity contribution in [1.29, 1.82) is 0 Å². The number of imidazole rings is 1. The Morgan fingerprint density at radius 2 is 2.50 bits per heavy atom. The molecule has 1 saturated heterocycles. The van der Waals surface area contributed by atoms with E-state index >= 15 is 0 Å². The van der Waals surface area contributed by atoms with E-state index in [2.05, 4.69) is 4.98 Å². The first kappa shape index (κ1) is 7.30. The fourth-order valence-electron chi connectivity index (χ4n) is 1.10. The van der Waals surface area contributed by atoms with Crippen molar-refractivity contribution in [3.63, 3.8) is 0 Å². The molecular formula is C7H9N3O2. The lowest BCUT2D eigenvalue weighted by Crippen LogP contribution is -2.30. The van der Waals surface area contributed by atoms with Gasteiger partial charge in [0, 0.05) is 12.4 Å². The molecule has 1 fully saturated rings. The highest BCUT2D eigenvalue weighted by Gasteiger charge is 2.19. The van der Waals surface area contributed by atoms with Crippen LogP contribution in [0.1, 0.15) is 6.42 Å². The van der Waals surface area contributed by atoms with Crippen LogP contribution in [-0.2, 0) is 4.84 Å². The maximum Gasteiger partial charge on any atom is 0.353 e. The summed E-state index contributed by atoms with van der Waals surface area (Å²) in [5.41, 5.74) is 0. The van der Waals surface area contributed by atoms with Gasteiger partial charge in [-0.15, -0.1) is 0 Å². The monoisotopic (exact) mass is 167 g/mol. The first-order chi connectivity index (χ1) is 5.88. The molecule has 5 heteroatoms. The molecule has 2 rings (SSSR count). The number of rotatable bonds is 0. The molecular weight excluding hydrogens is 158 g/mol. The summed E-state index contributed by atoms with van der Waals surface area (Å²) in [5.74, 6) is 0. The summed E-state index contributed by atoms with van der Waals surface area (Å²) < 4.78 is 1.39. The highest BCUT2D eigenvalue weighted by atomic mass is 16.7. The smallest absolute Gasteiger partial charge is 0.269 e. The van der Waals surface area contributed by atoms with Gasteiger partial charge in [-0.1, -0.05) is 0 Å². The molecule has 1 aliphatic heterocycles. The minimum atomic E-state index is -0.176. The molecule has 64 valence electrons. The Morgan fingerprint density at radius 3 is 3.08 bits per heavy atom. The summed E-state index contributed by atoms with van der Waals surface area (Å²) in [7, 11) is 0. The van der Waals surface area contributed by atoms with E-state index in [1.165, 1.54) is 16.0 Å². The number of carbonyl (C=O) groups is 1. The van der Waals surface area contributed by atoms with E-state index in [9.17, 15) is 4.79 Å². The maximum atomic E-state index is 11.4. The molecule has 0 spiro atoms. The lowest BCUT2D eigenvalue weighted by Gasteiger charge is -2.12. The van der Waals surface area contributed by atoms with Crippen LogP contribution in [0.25, 0.3) is 0 Å². The van der Waals surface area contributed by atoms with Gasteiger partial charge in [-0.2, -0.15) is 0 Å². The molecule has 0 saturated carbocycles. The molecule has 0 N–H and O–H groups in total. The fourth-order valence-corrected chi connectivity index (χ4v) is 1.10. The Bertz CT molecular complexity index is 264. The molecule has 0 radical (unpaired) electrons. The zero-order valence-corrected chi connectivity index (χ0v) is 6.51. The lowest BCUT2D eigenvalue weighted by atomic mass is 10.5. The molecule has 0 atom stereocenters. The zero-order chi connectivity index (χ0) is 8.39. The van der Waals surface area contributed by atoms with Gasteiger partial charge in [0.1, 0.15) is 6.33 Å². The summed E-state index contributed by atoms with van der Waals surface area (Å²) in [6, 6.07) is -0.176. The van der Waals surface area contributed by atoms with Crippen LogP contribution in [0.15, 0.2) is 18.7 Å². The highest BCUT2D eigenvalue weighted by molar-refractivity contribution is 5.75. The van der Waals surface area contributed by atoms with E-state index in [1.807, 2.05) is 0 Å². The summed E-state index contributed by atoms with van der Waals surface area (Å²) in [5, 5.41) is 1.35. The standard InChI is InChI=1S/C7H9N3O2/c11-7(9-4-2-8-6-9)10-3-1-5-12-10/h2,4,6H,1,3,5H2. The number of amides is 1. The Labute approximate surface area is 69.5 Å². The number of hydroxylamine groups is 2. The van der Waals surface area contributed by atoms with E-state index in [4.69, 9.17) is 4.84 Å². The van der Waals surface area contributed by atoms with Crippen LogP contribution in [0, 0.1) is 0 Å². The lowest BCUT2D eigenvalue weighted by molar-refractivity contribution is -0.0658. The second kappa shape index (κ2) is 2.94. The summed E-state index contributed by atoms with van der Waals surface area (Å²) in [4.78, 5) is 20.3. The summed E-state index contributed by atoms with van der Waals surface area (Å²) in [6.07, 6.45) is 5.53. The average molecular weight is 167 g/mol. The Balaban J connectivity index is 2.09. The largest absolute Gasteiger partial charge is 0.353 e. The molecule has 12 heavy (non-hydrogen) atoms. The van der Waals surface area contributed by atoms with E-state index in [-0.39, 0.29) is 6.03 Å². The molecule has 1 aliphatic rings. The van der Waals surface area contributed by atoms with Gasteiger partial charge in [0.15, 0.2) is 0 Å². The van der Waals surface area contributed by atoms with Crippen molar-refractivity contribution < 1.29 is 9.63 Å². The molecule has 1 amide bonds. The first-order valence-electron chi connectivity index (χ1n) is 3.80. The average Bonchev–Trinajstić information content (AvgIpc) is 2.77. The van der Waals surface area contributed by atoms with Crippen LogP contribution in [-0.4, -0.2) is 33.8 Å². The molecule has 5 nitrogen and oxygen atoms in total. The van der Waals surface area contributed by atoms with E-state index in [0.29, 0.717) is 13.2 Å². The predicted molar refractivity (Wildman–Crippen MR) is 40.3 cm³/mol. The van der Waals surface area contributed by atoms with E-state index < -0.39 is 0 Å². The van der Waals surface area contributed by atoms with Crippen molar-refractivity contribution in [3.05, 3.63) is 18.7 Å². The van der Waals surface area contributed by atoms with Gasteiger partial charge in [-0.05, 0) is 6.42 Å². The second-order valence-electron chi connectivity index (χ2n) is 2.54. The van der Waals surface area contributed by atoms with Crippen molar-refractivity contribution in [3.8, 4) is 0 Å². The normalized spacial score (nSPS) is 16.8.